The van der Waals surface area contributed by atoms with E-state index in [-0.39, 0.29) is 12.4 Å². The van der Waals surface area contributed by atoms with Crippen molar-refractivity contribution >= 4 is 33.8 Å². The fourth-order valence-electron chi connectivity index (χ4n) is 2.50. The smallest absolute Gasteiger partial charge is 0.311 e. The minimum atomic E-state index is -0.242. The Hall–Kier alpha value is -1.40. The lowest BCUT2D eigenvalue weighted by molar-refractivity contribution is -0.139. The number of nitrogens with zero attached hydrogens (tertiary/aromatic N) is 2. The van der Waals surface area contributed by atoms with E-state index in [4.69, 9.17) is 0 Å². The number of esters is 1. The van der Waals surface area contributed by atoms with E-state index in [1.54, 1.807) is 11.3 Å². The van der Waals surface area contributed by atoms with Gasteiger partial charge in [-0.05, 0) is 30.4 Å². The highest BCUT2D eigenvalue weighted by atomic mass is 32.1. The summed E-state index contributed by atoms with van der Waals surface area (Å²) in [7, 11) is 1.40. The van der Waals surface area contributed by atoms with E-state index in [1.165, 1.54) is 17.6 Å². The predicted octanol–water partition coefficient (Wildman–Crippen LogP) is 3.04. The molecular formula is C14H16N2O2S2. The van der Waals surface area contributed by atoms with Crippen LogP contribution in [0.15, 0.2) is 16.8 Å². The summed E-state index contributed by atoms with van der Waals surface area (Å²) in [5, 5.41) is 5.10. The Morgan fingerprint density at radius 1 is 1.55 bits per heavy atom. The molecule has 1 unspecified atom stereocenters. The van der Waals surface area contributed by atoms with Gasteiger partial charge >= 0.3 is 5.97 Å². The van der Waals surface area contributed by atoms with Gasteiger partial charge in [-0.25, -0.2) is 4.98 Å². The highest BCUT2D eigenvalue weighted by molar-refractivity contribution is 7.13. The van der Waals surface area contributed by atoms with E-state index in [0.717, 1.165) is 23.8 Å². The van der Waals surface area contributed by atoms with Gasteiger partial charge in [0.1, 0.15) is 0 Å². The van der Waals surface area contributed by atoms with E-state index in [0.29, 0.717) is 6.04 Å². The maximum absolute atomic E-state index is 11.3. The molecule has 0 fully saturated rings. The normalized spacial score (nSPS) is 17.9. The number of carbonyl (C=O) groups is 1. The quantitative estimate of drug-likeness (QED) is 0.817. The Morgan fingerprint density at radius 3 is 3.20 bits per heavy atom. The van der Waals surface area contributed by atoms with Gasteiger partial charge in [-0.15, -0.1) is 22.7 Å². The van der Waals surface area contributed by atoms with Crippen molar-refractivity contribution in [2.24, 2.45) is 0 Å². The Bertz CT molecular complexity index is 620. The van der Waals surface area contributed by atoms with Crippen molar-refractivity contribution in [2.45, 2.75) is 25.8 Å². The van der Waals surface area contributed by atoms with E-state index < -0.39 is 0 Å². The molecule has 3 heterocycles. The highest BCUT2D eigenvalue weighted by Gasteiger charge is 2.26. The fourth-order valence-corrected chi connectivity index (χ4v) is 4.40. The average molecular weight is 308 g/mol. The van der Waals surface area contributed by atoms with Gasteiger partial charge in [0.2, 0.25) is 0 Å². The number of carbonyl (C=O) groups excluding carboxylic acids is 1. The predicted molar refractivity (Wildman–Crippen MR) is 81.6 cm³/mol. The number of rotatable bonds is 3. The maximum atomic E-state index is 11.3. The van der Waals surface area contributed by atoms with Crippen molar-refractivity contribution in [1.82, 2.24) is 4.98 Å². The van der Waals surface area contributed by atoms with E-state index in [9.17, 15) is 4.79 Å². The third-order valence-corrected chi connectivity index (χ3v) is 5.54. The van der Waals surface area contributed by atoms with Gasteiger partial charge in [-0.3, -0.25) is 4.79 Å². The van der Waals surface area contributed by atoms with Crippen molar-refractivity contribution < 1.29 is 9.53 Å². The van der Waals surface area contributed by atoms with Gasteiger partial charge in [-0.1, -0.05) is 0 Å². The third kappa shape index (κ3) is 2.45. The molecule has 0 saturated carbocycles. The number of methoxy groups -OCH3 is 1. The average Bonchev–Trinajstić information content (AvgIpc) is 3.08. The number of thiophene rings is 1. The molecule has 0 saturated heterocycles. The van der Waals surface area contributed by atoms with Crippen LogP contribution in [0.2, 0.25) is 0 Å². The molecule has 4 nitrogen and oxygen atoms in total. The van der Waals surface area contributed by atoms with Crippen LogP contribution >= 0.6 is 22.7 Å². The van der Waals surface area contributed by atoms with Crippen LogP contribution in [-0.4, -0.2) is 24.6 Å². The molecule has 2 aromatic rings. The molecule has 0 aromatic carbocycles. The molecule has 0 amide bonds. The van der Waals surface area contributed by atoms with Gasteiger partial charge in [0.25, 0.3) is 0 Å². The van der Waals surface area contributed by atoms with E-state index >= 15 is 0 Å². The number of anilines is 1. The summed E-state index contributed by atoms with van der Waals surface area (Å²) < 4.78 is 4.68. The summed E-state index contributed by atoms with van der Waals surface area (Å²) >= 11 is 3.44. The molecule has 2 aromatic heterocycles. The molecule has 1 aliphatic rings. The monoisotopic (exact) mass is 308 g/mol. The second-order valence-electron chi connectivity index (χ2n) is 4.79. The zero-order valence-electron chi connectivity index (χ0n) is 11.5. The second-order valence-corrected chi connectivity index (χ2v) is 6.63. The molecule has 0 radical (unpaired) electrons. The highest BCUT2D eigenvalue weighted by Crippen LogP contribution is 2.37. The molecular weight excluding hydrogens is 292 g/mol. The van der Waals surface area contributed by atoms with Gasteiger partial charge in [-0.2, -0.15) is 0 Å². The van der Waals surface area contributed by atoms with Crippen LogP contribution in [-0.2, 0) is 22.4 Å². The topological polar surface area (TPSA) is 42.4 Å². The summed E-state index contributed by atoms with van der Waals surface area (Å²) in [6, 6.07) is 2.56. The van der Waals surface area contributed by atoms with Crippen molar-refractivity contribution in [1.29, 1.82) is 0 Å². The number of aromatic nitrogens is 1. The molecule has 1 aliphatic heterocycles. The lowest BCUT2D eigenvalue weighted by Gasteiger charge is -2.33. The van der Waals surface area contributed by atoms with Crippen LogP contribution in [0.5, 0.6) is 0 Å². The summed E-state index contributed by atoms with van der Waals surface area (Å²) in [6.45, 7) is 3.20. The molecule has 0 bridgehead atoms. The zero-order chi connectivity index (χ0) is 14.1. The van der Waals surface area contributed by atoms with Crippen molar-refractivity contribution in [2.75, 3.05) is 18.6 Å². The molecule has 0 aliphatic carbocycles. The molecule has 0 N–H and O–H groups in total. The molecule has 6 heteroatoms. The van der Waals surface area contributed by atoms with Gasteiger partial charge in [0.15, 0.2) is 5.13 Å². The van der Waals surface area contributed by atoms with Crippen molar-refractivity contribution in [3.8, 4) is 0 Å². The lowest BCUT2D eigenvalue weighted by atomic mass is 10.0. The van der Waals surface area contributed by atoms with Crippen LogP contribution < -0.4 is 4.90 Å². The fraction of sp³-hybridized carbons (Fsp3) is 0.429. The summed E-state index contributed by atoms with van der Waals surface area (Å²) in [6.07, 6.45) is 1.32. The van der Waals surface area contributed by atoms with Crippen LogP contribution in [0, 0.1) is 0 Å². The number of thiazole rings is 1. The molecule has 20 heavy (non-hydrogen) atoms. The first-order chi connectivity index (χ1) is 9.69. The molecule has 106 valence electrons. The first-order valence-electron chi connectivity index (χ1n) is 6.53. The summed E-state index contributed by atoms with van der Waals surface area (Å²) in [4.78, 5) is 19.7. The van der Waals surface area contributed by atoms with Crippen molar-refractivity contribution in [3.63, 3.8) is 0 Å². The van der Waals surface area contributed by atoms with Crippen LogP contribution in [0.4, 0.5) is 5.13 Å². The minimum Gasteiger partial charge on any atom is -0.469 e. The Balaban J connectivity index is 1.79. The van der Waals surface area contributed by atoms with Crippen LogP contribution in [0.3, 0.4) is 0 Å². The molecule has 3 rings (SSSR count). The molecule has 0 spiro atoms. The van der Waals surface area contributed by atoms with E-state index in [2.05, 4.69) is 33.0 Å². The number of hydrogen-bond acceptors (Lipinski definition) is 6. The number of ether oxygens (including phenoxy) is 1. The zero-order valence-corrected chi connectivity index (χ0v) is 13.1. The first kappa shape index (κ1) is 13.6. The largest absolute Gasteiger partial charge is 0.469 e. The van der Waals surface area contributed by atoms with E-state index in [1.807, 2.05) is 16.7 Å². The minimum absolute atomic E-state index is 0.242. The number of fused-ring (bicyclic) bond motifs is 1. The SMILES string of the molecule is COC(=O)Cc1csc(N2CCc3sccc3C2C)n1. The van der Waals surface area contributed by atoms with Gasteiger partial charge in [0, 0.05) is 16.8 Å². The Kier molecular flexibility index (Phi) is 3.76. The lowest BCUT2D eigenvalue weighted by Crippen LogP contribution is -2.33. The number of hydrogen-bond donors (Lipinski definition) is 0. The maximum Gasteiger partial charge on any atom is 0.311 e. The third-order valence-electron chi connectivity index (χ3n) is 3.62. The Morgan fingerprint density at radius 2 is 2.40 bits per heavy atom. The summed E-state index contributed by atoms with van der Waals surface area (Å²) in [5.41, 5.74) is 2.20. The summed E-state index contributed by atoms with van der Waals surface area (Å²) in [5.74, 6) is -0.242. The van der Waals surface area contributed by atoms with Gasteiger partial charge < -0.3 is 9.64 Å². The van der Waals surface area contributed by atoms with Crippen molar-refractivity contribution in [3.05, 3.63) is 33.0 Å². The molecule has 1 atom stereocenters. The standard InChI is InChI=1S/C14H16N2O2S2/c1-9-11-4-6-19-12(11)3-5-16(9)14-15-10(8-20-14)7-13(17)18-2/h4,6,8-9H,3,5,7H2,1-2H3. The van der Waals surface area contributed by atoms with Crippen LogP contribution in [0.1, 0.15) is 29.1 Å². The van der Waals surface area contributed by atoms with Gasteiger partial charge in [0.05, 0.1) is 25.3 Å². The van der Waals surface area contributed by atoms with Crippen LogP contribution in [0.25, 0.3) is 0 Å². The first-order valence-corrected chi connectivity index (χ1v) is 8.29. The Labute approximate surface area is 126 Å². The second kappa shape index (κ2) is 5.54.